The van der Waals surface area contributed by atoms with Crippen molar-refractivity contribution in [3.63, 3.8) is 0 Å². The van der Waals surface area contributed by atoms with E-state index < -0.39 is 0 Å². The largest absolute Gasteiger partial charge is 0.411 e. The maximum absolute atomic E-state index is 8.66. The van der Waals surface area contributed by atoms with Crippen LogP contribution in [0.25, 0.3) is 0 Å². The molecule has 1 rings (SSSR count). The molecule has 16 heavy (non-hydrogen) atoms. The molecule has 1 saturated carbocycles. The normalized spacial score (nSPS) is 36.1. The highest BCUT2D eigenvalue weighted by molar-refractivity contribution is 5.64. The Bertz CT molecular complexity index is 227. The van der Waals surface area contributed by atoms with Crippen molar-refractivity contribution in [2.75, 3.05) is 0 Å². The molecular formula is C12H22N2O2. The van der Waals surface area contributed by atoms with E-state index in [0.717, 1.165) is 25.7 Å². The van der Waals surface area contributed by atoms with Crippen molar-refractivity contribution in [2.45, 2.75) is 39.5 Å². The van der Waals surface area contributed by atoms with E-state index in [1.165, 1.54) is 0 Å². The van der Waals surface area contributed by atoms with Crippen LogP contribution in [0.3, 0.4) is 0 Å². The quantitative estimate of drug-likeness (QED) is 0.439. The summed E-state index contributed by atoms with van der Waals surface area (Å²) in [5.74, 6) is 1.79. The summed E-state index contributed by atoms with van der Waals surface area (Å²) in [6, 6.07) is 0. The van der Waals surface area contributed by atoms with E-state index in [-0.39, 0.29) is 0 Å². The van der Waals surface area contributed by atoms with E-state index in [9.17, 15) is 0 Å². The molecule has 1 aliphatic rings. The van der Waals surface area contributed by atoms with E-state index in [4.69, 9.17) is 10.4 Å². The van der Waals surface area contributed by atoms with Crippen molar-refractivity contribution in [1.82, 2.24) is 0 Å². The highest BCUT2D eigenvalue weighted by atomic mass is 16.4. The minimum Gasteiger partial charge on any atom is -0.411 e. The summed E-state index contributed by atoms with van der Waals surface area (Å²) in [4.78, 5) is 0. The predicted molar refractivity (Wildman–Crippen MR) is 64.3 cm³/mol. The van der Waals surface area contributed by atoms with E-state index in [1.54, 1.807) is 12.4 Å². The summed E-state index contributed by atoms with van der Waals surface area (Å²) in [6.07, 6.45) is 7.53. The van der Waals surface area contributed by atoms with Crippen LogP contribution in [0.4, 0.5) is 0 Å². The van der Waals surface area contributed by atoms with Crippen LogP contribution in [0.1, 0.15) is 39.5 Å². The topological polar surface area (TPSA) is 65.2 Å². The highest BCUT2D eigenvalue weighted by Gasteiger charge is 2.34. The average molecular weight is 226 g/mol. The lowest BCUT2D eigenvalue weighted by Crippen LogP contribution is -2.33. The van der Waals surface area contributed by atoms with E-state index in [1.807, 2.05) is 0 Å². The third-order valence-electron chi connectivity index (χ3n) is 3.93. The number of oxime groups is 2. The summed E-state index contributed by atoms with van der Waals surface area (Å²) in [5, 5.41) is 23.7. The predicted octanol–water partition coefficient (Wildman–Crippen LogP) is 2.99. The Labute approximate surface area is 97.0 Å². The second-order valence-corrected chi connectivity index (χ2v) is 4.66. The second kappa shape index (κ2) is 6.51. The smallest absolute Gasteiger partial charge is 0.0469 e. The molecule has 0 saturated heterocycles. The van der Waals surface area contributed by atoms with Gasteiger partial charge in [-0.25, -0.2) is 0 Å². The van der Waals surface area contributed by atoms with Crippen LogP contribution in [0.15, 0.2) is 10.3 Å². The third kappa shape index (κ3) is 2.97. The van der Waals surface area contributed by atoms with Crippen LogP contribution in [0.5, 0.6) is 0 Å². The van der Waals surface area contributed by atoms with Gasteiger partial charge in [-0.2, -0.15) is 0 Å². The first-order valence-electron chi connectivity index (χ1n) is 6.11. The summed E-state index contributed by atoms with van der Waals surface area (Å²) in [6.45, 7) is 4.31. The number of nitrogens with zero attached hydrogens (tertiary/aromatic N) is 2. The number of hydrogen-bond acceptors (Lipinski definition) is 4. The van der Waals surface area contributed by atoms with Crippen LogP contribution in [-0.4, -0.2) is 22.8 Å². The minimum absolute atomic E-state index is 0.364. The van der Waals surface area contributed by atoms with Gasteiger partial charge in [-0.3, -0.25) is 0 Å². The van der Waals surface area contributed by atoms with Crippen molar-refractivity contribution in [1.29, 1.82) is 0 Å². The molecule has 0 heterocycles. The van der Waals surface area contributed by atoms with Crippen LogP contribution < -0.4 is 0 Å². The molecule has 4 unspecified atom stereocenters. The summed E-state index contributed by atoms with van der Waals surface area (Å²) in [7, 11) is 0. The minimum atomic E-state index is 0.364. The zero-order chi connectivity index (χ0) is 12.0. The Balaban J connectivity index is 2.74. The first-order valence-corrected chi connectivity index (χ1v) is 6.11. The van der Waals surface area contributed by atoms with Gasteiger partial charge in [0.2, 0.25) is 0 Å². The average Bonchev–Trinajstić information content (AvgIpc) is 2.31. The van der Waals surface area contributed by atoms with Gasteiger partial charge in [0.05, 0.1) is 0 Å². The molecule has 0 aromatic heterocycles. The number of rotatable bonds is 4. The fraction of sp³-hybridized carbons (Fsp3) is 0.833. The zero-order valence-corrected chi connectivity index (χ0v) is 10.1. The summed E-state index contributed by atoms with van der Waals surface area (Å²) < 4.78 is 0. The Kier molecular flexibility index (Phi) is 5.29. The van der Waals surface area contributed by atoms with Gasteiger partial charge in [-0.1, -0.05) is 26.7 Å². The Morgan fingerprint density at radius 2 is 1.31 bits per heavy atom. The van der Waals surface area contributed by atoms with E-state index in [2.05, 4.69) is 24.2 Å². The molecule has 1 aliphatic carbocycles. The van der Waals surface area contributed by atoms with Gasteiger partial charge in [0, 0.05) is 24.3 Å². The van der Waals surface area contributed by atoms with Crippen LogP contribution >= 0.6 is 0 Å². The fourth-order valence-electron chi connectivity index (χ4n) is 2.91. The molecule has 0 spiro atoms. The van der Waals surface area contributed by atoms with Crippen molar-refractivity contribution in [3.05, 3.63) is 0 Å². The molecule has 4 atom stereocenters. The lowest BCUT2D eigenvalue weighted by molar-refractivity contribution is 0.181. The van der Waals surface area contributed by atoms with Crippen LogP contribution in [-0.2, 0) is 0 Å². The van der Waals surface area contributed by atoms with Gasteiger partial charge in [0.15, 0.2) is 0 Å². The van der Waals surface area contributed by atoms with Crippen molar-refractivity contribution in [3.8, 4) is 0 Å². The SMILES string of the molecule is CCC1CC(/C=N/O)C(CC)CC1/C=N/O. The molecule has 0 radical (unpaired) electrons. The van der Waals surface area contributed by atoms with Crippen molar-refractivity contribution >= 4 is 12.4 Å². The molecular weight excluding hydrogens is 204 g/mol. The lowest BCUT2D eigenvalue weighted by atomic mass is 9.67. The maximum Gasteiger partial charge on any atom is 0.0469 e. The fourth-order valence-corrected chi connectivity index (χ4v) is 2.91. The summed E-state index contributed by atoms with van der Waals surface area (Å²) >= 11 is 0. The first kappa shape index (κ1) is 13.0. The molecule has 0 aliphatic heterocycles. The Hall–Kier alpha value is -1.06. The summed E-state index contributed by atoms with van der Waals surface area (Å²) in [5.41, 5.74) is 0. The zero-order valence-electron chi connectivity index (χ0n) is 10.1. The third-order valence-corrected chi connectivity index (χ3v) is 3.93. The van der Waals surface area contributed by atoms with E-state index in [0.29, 0.717) is 23.7 Å². The van der Waals surface area contributed by atoms with Crippen molar-refractivity contribution in [2.24, 2.45) is 34.0 Å². The Morgan fingerprint density at radius 1 is 0.938 bits per heavy atom. The van der Waals surface area contributed by atoms with Gasteiger partial charge in [-0.05, 0) is 24.7 Å². The molecule has 0 amide bonds. The Morgan fingerprint density at radius 3 is 1.56 bits per heavy atom. The van der Waals surface area contributed by atoms with Gasteiger partial charge >= 0.3 is 0 Å². The van der Waals surface area contributed by atoms with Gasteiger partial charge < -0.3 is 10.4 Å². The second-order valence-electron chi connectivity index (χ2n) is 4.66. The molecule has 92 valence electrons. The monoisotopic (exact) mass is 226 g/mol. The standard InChI is InChI=1S/C12H22N2O2/c1-3-9-5-12(8-14-16)10(4-2)6-11(9)7-13-15/h7-12,15-16H,3-6H2,1-2H3/b13-7+,14-8+. The van der Waals surface area contributed by atoms with Gasteiger partial charge in [0.1, 0.15) is 0 Å². The van der Waals surface area contributed by atoms with E-state index >= 15 is 0 Å². The molecule has 0 bridgehead atoms. The molecule has 2 N–H and O–H groups in total. The van der Waals surface area contributed by atoms with Crippen LogP contribution in [0, 0.1) is 23.7 Å². The van der Waals surface area contributed by atoms with Gasteiger partial charge in [-0.15, -0.1) is 10.3 Å². The first-order chi connectivity index (χ1) is 7.76. The molecule has 0 aromatic rings. The van der Waals surface area contributed by atoms with Gasteiger partial charge in [0.25, 0.3) is 0 Å². The highest BCUT2D eigenvalue weighted by Crippen LogP contribution is 2.39. The molecule has 1 fully saturated rings. The van der Waals surface area contributed by atoms with Crippen LogP contribution in [0.2, 0.25) is 0 Å². The number of hydrogen-bond donors (Lipinski definition) is 2. The molecule has 0 aromatic carbocycles. The maximum atomic E-state index is 8.66. The molecule has 4 heteroatoms. The lowest BCUT2D eigenvalue weighted by Gasteiger charge is -2.37. The molecule has 4 nitrogen and oxygen atoms in total. The van der Waals surface area contributed by atoms with Crippen molar-refractivity contribution < 1.29 is 10.4 Å².